The lowest BCUT2D eigenvalue weighted by molar-refractivity contribution is 0.00694. The summed E-state index contributed by atoms with van der Waals surface area (Å²) in [6, 6.07) is 4.00. The van der Waals surface area contributed by atoms with Crippen LogP contribution in [-0.4, -0.2) is 26.4 Å². The van der Waals surface area contributed by atoms with Gasteiger partial charge in [0, 0.05) is 17.1 Å². The molecule has 1 fully saturated rings. The summed E-state index contributed by atoms with van der Waals surface area (Å²) in [5, 5.41) is 4.18. The second kappa shape index (κ2) is 5.25. The average molecular weight is 256 g/mol. The first-order valence-corrected chi connectivity index (χ1v) is 6.20. The molecule has 0 aliphatic carbocycles. The van der Waals surface area contributed by atoms with Crippen LogP contribution in [0.15, 0.2) is 12.1 Å². The first kappa shape index (κ1) is 12.7. The van der Waals surface area contributed by atoms with E-state index in [4.69, 9.17) is 21.1 Å². The van der Waals surface area contributed by atoms with Gasteiger partial charge in [0.2, 0.25) is 0 Å². The summed E-state index contributed by atoms with van der Waals surface area (Å²) in [6.07, 6.45) is 0.121. The number of nitrogens with one attached hydrogen (secondary N) is 1. The molecule has 3 nitrogen and oxygen atoms in total. The Balaban J connectivity index is 2.42. The molecular formula is C13H18ClNO2. The third-order valence-corrected chi connectivity index (χ3v) is 3.34. The van der Waals surface area contributed by atoms with E-state index in [1.165, 1.54) is 0 Å². The Morgan fingerprint density at radius 2 is 2.24 bits per heavy atom. The van der Waals surface area contributed by atoms with Gasteiger partial charge in [-0.2, -0.15) is 0 Å². The van der Waals surface area contributed by atoms with Crippen LogP contribution in [-0.2, 0) is 4.74 Å². The molecule has 4 heteroatoms. The Hall–Kier alpha value is -0.770. The van der Waals surface area contributed by atoms with Crippen LogP contribution in [0.5, 0.6) is 5.75 Å². The fourth-order valence-electron chi connectivity index (χ4n) is 2.35. The molecule has 2 rings (SSSR count). The molecule has 1 N–H and O–H groups in total. The minimum absolute atomic E-state index is 0.121. The summed E-state index contributed by atoms with van der Waals surface area (Å²) in [5.41, 5.74) is 2.12. The Morgan fingerprint density at radius 1 is 1.47 bits per heavy atom. The van der Waals surface area contributed by atoms with Crippen molar-refractivity contribution in [2.75, 3.05) is 20.3 Å². The Bertz CT molecular complexity index is 409. The lowest BCUT2D eigenvalue weighted by Crippen LogP contribution is -2.40. The molecule has 2 unspecified atom stereocenters. The zero-order chi connectivity index (χ0) is 12.4. The van der Waals surface area contributed by atoms with Gasteiger partial charge in [0.25, 0.3) is 0 Å². The third kappa shape index (κ3) is 2.57. The van der Waals surface area contributed by atoms with Crippen molar-refractivity contribution in [1.29, 1.82) is 0 Å². The second-order valence-electron chi connectivity index (χ2n) is 4.35. The summed E-state index contributed by atoms with van der Waals surface area (Å²) in [5.74, 6) is 0.893. The number of ether oxygens (including phenoxy) is 2. The first-order valence-electron chi connectivity index (χ1n) is 5.82. The highest BCUT2D eigenvalue weighted by Crippen LogP contribution is 2.34. The summed E-state index contributed by atoms with van der Waals surface area (Å²) in [4.78, 5) is 0. The SMILES string of the molecule is COc1c(C)cc(Cl)cc1C1NCCOC1C. The number of hydrogen-bond donors (Lipinski definition) is 1. The molecule has 0 bridgehead atoms. The zero-order valence-electron chi connectivity index (χ0n) is 10.4. The lowest BCUT2D eigenvalue weighted by Gasteiger charge is -2.32. The molecule has 1 saturated heterocycles. The van der Waals surface area contributed by atoms with Gasteiger partial charge in [0.1, 0.15) is 5.75 Å². The van der Waals surface area contributed by atoms with Crippen molar-refractivity contribution < 1.29 is 9.47 Å². The molecule has 1 aliphatic rings. The summed E-state index contributed by atoms with van der Waals surface area (Å²) >= 11 is 6.12. The highest BCUT2D eigenvalue weighted by molar-refractivity contribution is 6.30. The molecular weight excluding hydrogens is 238 g/mol. The lowest BCUT2D eigenvalue weighted by atomic mass is 9.98. The zero-order valence-corrected chi connectivity index (χ0v) is 11.2. The van der Waals surface area contributed by atoms with Crippen LogP contribution in [0.1, 0.15) is 24.1 Å². The fourth-order valence-corrected chi connectivity index (χ4v) is 2.63. The van der Waals surface area contributed by atoms with E-state index in [0.717, 1.165) is 35.1 Å². The minimum atomic E-state index is 0.121. The maximum atomic E-state index is 6.12. The van der Waals surface area contributed by atoms with Crippen molar-refractivity contribution in [3.63, 3.8) is 0 Å². The van der Waals surface area contributed by atoms with E-state index < -0.39 is 0 Å². The molecule has 17 heavy (non-hydrogen) atoms. The normalized spacial score (nSPS) is 24.7. The van der Waals surface area contributed by atoms with Gasteiger partial charge in [0.15, 0.2) is 0 Å². The summed E-state index contributed by atoms with van der Waals surface area (Å²) in [6.45, 7) is 5.67. The largest absolute Gasteiger partial charge is 0.496 e. The molecule has 1 aromatic carbocycles. The average Bonchev–Trinajstić information content (AvgIpc) is 2.28. The molecule has 0 spiro atoms. The van der Waals surface area contributed by atoms with Crippen molar-refractivity contribution in [3.8, 4) is 5.75 Å². The highest BCUT2D eigenvalue weighted by atomic mass is 35.5. The van der Waals surface area contributed by atoms with E-state index in [-0.39, 0.29) is 12.1 Å². The Labute approximate surface area is 107 Å². The van der Waals surface area contributed by atoms with Gasteiger partial charge in [-0.05, 0) is 31.5 Å². The van der Waals surface area contributed by atoms with E-state index >= 15 is 0 Å². The second-order valence-corrected chi connectivity index (χ2v) is 4.79. The van der Waals surface area contributed by atoms with Crippen LogP contribution in [0, 0.1) is 6.92 Å². The molecule has 1 aromatic rings. The Morgan fingerprint density at radius 3 is 2.88 bits per heavy atom. The quantitative estimate of drug-likeness (QED) is 0.882. The van der Waals surface area contributed by atoms with Gasteiger partial charge >= 0.3 is 0 Å². The number of methoxy groups -OCH3 is 1. The number of morpholine rings is 1. The first-order chi connectivity index (χ1) is 8.13. The smallest absolute Gasteiger partial charge is 0.126 e. The van der Waals surface area contributed by atoms with Crippen LogP contribution in [0.2, 0.25) is 5.02 Å². The van der Waals surface area contributed by atoms with Crippen molar-refractivity contribution in [2.24, 2.45) is 0 Å². The van der Waals surface area contributed by atoms with Crippen LogP contribution in [0.3, 0.4) is 0 Å². The summed E-state index contributed by atoms with van der Waals surface area (Å²) in [7, 11) is 1.69. The van der Waals surface area contributed by atoms with E-state index in [9.17, 15) is 0 Å². The van der Waals surface area contributed by atoms with Gasteiger partial charge in [-0.3, -0.25) is 0 Å². The van der Waals surface area contributed by atoms with Crippen LogP contribution in [0.25, 0.3) is 0 Å². The van der Waals surface area contributed by atoms with Gasteiger partial charge < -0.3 is 14.8 Å². The van der Waals surface area contributed by atoms with Crippen LogP contribution in [0.4, 0.5) is 0 Å². The van der Waals surface area contributed by atoms with E-state index in [1.54, 1.807) is 7.11 Å². The monoisotopic (exact) mass is 255 g/mol. The Kier molecular flexibility index (Phi) is 3.92. The number of rotatable bonds is 2. The van der Waals surface area contributed by atoms with Crippen LogP contribution >= 0.6 is 11.6 Å². The van der Waals surface area contributed by atoms with Gasteiger partial charge in [-0.15, -0.1) is 0 Å². The molecule has 0 aromatic heterocycles. The molecule has 94 valence electrons. The van der Waals surface area contributed by atoms with Gasteiger partial charge in [-0.1, -0.05) is 11.6 Å². The van der Waals surface area contributed by atoms with E-state index in [0.29, 0.717) is 0 Å². The molecule has 1 aliphatic heterocycles. The highest BCUT2D eigenvalue weighted by Gasteiger charge is 2.26. The molecule has 1 heterocycles. The van der Waals surface area contributed by atoms with Gasteiger partial charge in [0.05, 0.1) is 25.9 Å². The summed E-state index contributed by atoms with van der Waals surface area (Å²) < 4.78 is 11.1. The molecule has 0 saturated carbocycles. The fraction of sp³-hybridized carbons (Fsp3) is 0.538. The molecule has 0 radical (unpaired) electrons. The predicted molar refractivity (Wildman–Crippen MR) is 68.9 cm³/mol. The molecule has 2 atom stereocenters. The number of halogens is 1. The predicted octanol–water partition coefficient (Wildman–Crippen LogP) is 2.71. The number of benzene rings is 1. The topological polar surface area (TPSA) is 30.5 Å². The van der Waals surface area contributed by atoms with E-state index in [2.05, 4.69) is 12.2 Å². The van der Waals surface area contributed by atoms with E-state index in [1.807, 2.05) is 19.1 Å². The van der Waals surface area contributed by atoms with Crippen LogP contribution < -0.4 is 10.1 Å². The number of hydrogen-bond acceptors (Lipinski definition) is 3. The van der Waals surface area contributed by atoms with Crippen molar-refractivity contribution in [3.05, 3.63) is 28.3 Å². The van der Waals surface area contributed by atoms with Crippen molar-refractivity contribution in [1.82, 2.24) is 5.32 Å². The molecule has 0 amide bonds. The van der Waals surface area contributed by atoms with Crippen molar-refractivity contribution in [2.45, 2.75) is 26.0 Å². The van der Waals surface area contributed by atoms with Gasteiger partial charge in [-0.25, -0.2) is 0 Å². The number of aryl methyl sites for hydroxylation is 1. The minimum Gasteiger partial charge on any atom is -0.496 e. The maximum Gasteiger partial charge on any atom is 0.126 e. The third-order valence-electron chi connectivity index (χ3n) is 3.12. The standard InChI is InChI=1S/C13H18ClNO2/c1-8-6-10(14)7-11(13(8)16-3)12-9(2)17-5-4-15-12/h6-7,9,12,15H,4-5H2,1-3H3. The van der Waals surface area contributed by atoms with Crippen molar-refractivity contribution >= 4 is 11.6 Å². The maximum absolute atomic E-state index is 6.12.